The van der Waals surface area contributed by atoms with Gasteiger partial charge in [-0.3, -0.25) is 4.79 Å². The number of rotatable bonds is 6. The maximum absolute atomic E-state index is 13.6. The van der Waals surface area contributed by atoms with E-state index in [1.54, 1.807) is 18.1 Å². The average molecular weight is 481 g/mol. The molecule has 0 radical (unpaired) electrons. The molecule has 1 fully saturated rings. The molecule has 1 amide bonds. The van der Waals surface area contributed by atoms with Crippen LogP contribution in [0.25, 0.3) is 11.3 Å². The van der Waals surface area contributed by atoms with Crippen molar-refractivity contribution in [2.75, 3.05) is 18.6 Å². The smallest absolute Gasteiger partial charge is 0.276 e. The minimum atomic E-state index is -3.17. The first-order valence-electron chi connectivity index (χ1n) is 11.6. The number of sulfone groups is 1. The van der Waals surface area contributed by atoms with Gasteiger partial charge in [-0.05, 0) is 67.0 Å². The summed E-state index contributed by atoms with van der Waals surface area (Å²) in [6, 6.07) is 15.0. The Morgan fingerprint density at radius 1 is 1.12 bits per heavy atom. The second-order valence-electron chi connectivity index (χ2n) is 9.11. The van der Waals surface area contributed by atoms with Crippen molar-refractivity contribution in [2.24, 2.45) is 0 Å². The van der Waals surface area contributed by atoms with Crippen LogP contribution in [0.1, 0.15) is 46.4 Å². The molecule has 3 aromatic rings. The monoisotopic (exact) mass is 480 g/mol. The first-order chi connectivity index (χ1) is 16.4. The standard InChI is InChI=1S/C26H28N2O5S/c1-32-23-8-4-5-18(13-23)16-28(22-11-12-34(30,31)17-22)26(29)24-15-25(33-27-24)21-10-9-19-6-2-3-7-20(19)14-21/h4-5,8-10,13-15,22H,2-3,6-7,11-12,16-17H2,1H3. The molecule has 0 saturated carbocycles. The zero-order chi connectivity index (χ0) is 23.7. The van der Waals surface area contributed by atoms with Crippen LogP contribution in [0.5, 0.6) is 5.75 Å². The van der Waals surface area contributed by atoms with Gasteiger partial charge in [0.2, 0.25) is 0 Å². The number of aromatic nitrogens is 1. The van der Waals surface area contributed by atoms with Gasteiger partial charge < -0.3 is 14.2 Å². The summed E-state index contributed by atoms with van der Waals surface area (Å²) in [7, 11) is -1.58. The van der Waals surface area contributed by atoms with E-state index in [-0.39, 0.29) is 29.7 Å². The van der Waals surface area contributed by atoms with Crippen LogP contribution in [0, 0.1) is 0 Å². The predicted octanol–water partition coefficient (Wildman–Crippen LogP) is 4.06. The van der Waals surface area contributed by atoms with E-state index in [1.807, 2.05) is 30.3 Å². The number of hydrogen-bond acceptors (Lipinski definition) is 6. The number of ether oxygens (including phenoxy) is 1. The third-order valence-corrected chi connectivity index (χ3v) is 8.51. The number of carbonyl (C=O) groups is 1. The first kappa shape index (κ1) is 22.7. The van der Waals surface area contributed by atoms with Crippen molar-refractivity contribution in [3.8, 4) is 17.1 Å². The van der Waals surface area contributed by atoms with E-state index in [0.29, 0.717) is 17.9 Å². The van der Waals surface area contributed by atoms with E-state index in [1.165, 1.54) is 24.0 Å². The Morgan fingerprint density at radius 2 is 1.94 bits per heavy atom. The number of nitrogens with zero attached hydrogens (tertiary/aromatic N) is 2. The second kappa shape index (κ2) is 9.25. The highest BCUT2D eigenvalue weighted by atomic mass is 32.2. The summed E-state index contributed by atoms with van der Waals surface area (Å²) < 4.78 is 35.2. The zero-order valence-electron chi connectivity index (χ0n) is 19.2. The van der Waals surface area contributed by atoms with E-state index in [0.717, 1.165) is 24.0 Å². The molecular formula is C26H28N2O5S. The highest BCUT2D eigenvalue weighted by molar-refractivity contribution is 7.91. The van der Waals surface area contributed by atoms with Crippen LogP contribution >= 0.6 is 0 Å². The van der Waals surface area contributed by atoms with Gasteiger partial charge >= 0.3 is 0 Å². The molecule has 178 valence electrons. The molecule has 8 heteroatoms. The average Bonchev–Trinajstić information content (AvgIpc) is 3.48. The lowest BCUT2D eigenvalue weighted by Crippen LogP contribution is -2.40. The van der Waals surface area contributed by atoms with Crippen LogP contribution in [-0.2, 0) is 29.2 Å². The summed E-state index contributed by atoms with van der Waals surface area (Å²) in [6.45, 7) is 0.261. The Kier molecular flexibility index (Phi) is 6.16. The highest BCUT2D eigenvalue weighted by Gasteiger charge is 2.36. The van der Waals surface area contributed by atoms with Gasteiger partial charge in [-0.25, -0.2) is 8.42 Å². The van der Waals surface area contributed by atoms with E-state index in [2.05, 4.69) is 17.3 Å². The van der Waals surface area contributed by atoms with Crippen molar-refractivity contribution in [1.82, 2.24) is 10.1 Å². The molecule has 2 aromatic carbocycles. The summed E-state index contributed by atoms with van der Waals surface area (Å²) in [5.74, 6) is 0.923. The number of carbonyl (C=O) groups excluding carboxylic acids is 1. The minimum Gasteiger partial charge on any atom is -0.497 e. The molecule has 1 aliphatic heterocycles. The molecule has 0 spiro atoms. The summed E-state index contributed by atoms with van der Waals surface area (Å²) in [5.41, 5.74) is 4.63. The zero-order valence-corrected chi connectivity index (χ0v) is 20.0. The lowest BCUT2D eigenvalue weighted by molar-refractivity contribution is 0.0670. The molecule has 5 rings (SSSR count). The SMILES string of the molecule is COc1cccc(CN(C(=O)c2cc(-c3ccc4c(c3)CCCC4)on2)C2CCS(=O)(=O)C2)c1. The fraction of sp³-hybridized carbons (Fsp3) is 0.385. The Balaban J connectivity index is 1.42. The van der Waals surface area contributed by atoms with Gasteiger partial charge in [0.1, 0.15) is 5.75 Å². The Hall–Kier alpha value is -3.13. The molecule has 1 aliphatic carbocycles. The third-order valence-electron chi connectivity index (χ3n) is 6.76. The fourth-order valence-corrected chi connectivity index (χ4v) is 6.63. The van der Waals surface area contributed by atoms with Crippen molar-refractivity contribution in [1.29, 1.82) is 0 Å². The van der Waals surface area contributed by atoms with Gasteiger partial charge in [0.05, 0.1) is 18.6 Å². The lowest BCUT2D eigenvalue weighted by atomic mass is 9.90. The minimum absolute atomic E-state index is 0.0434. The molecule has 1 unspecified atom stereocenters. The summed E-state index contributed by atoms with van der Waals surface area (Å²) in [6.07, 6.45) is 4.95. The van der Waals surface area contributed by atoms with Crippen LogP contribution in [0.15, 0.2) is 53.1 Å². The van der Waals surface area contributed by atoms with Gasteiger partial charge in [-0.2, -0.15) is 0 Å². The molecule has 2 aliphatic rings. The van der Waals surface area contributed by atoms with Crippen molar-refractivity contribution in [2.45, 2.75) is 44.7 Å². The maximum atomic E-state index is 13.6. The predicted molar refractivity (Wildman–Crippen MR) is 129 cm³/mol. The van der Waals surface area contributed by atoms with Crippen LogP contribution in [0.2, 0.25) is 0 Å². The van der Waals surface area contributed by atoms with Gasteiger partial charge in [0.25, 0.3) is 5.91 Å². The molecule has 2 heterocycles. The number of fused-ring (bicyclic) bond motifs is 1. The molecule has 1 saturated heterocycles. The van der Waals surface area contributed by atoms with Crippen molar-refractivity contribution >= 4 is 15.7 Å². The molecular weight excluding hydrogens is 452 g/mol. The van der Waals surface area contributed by atoms with Crippen molar-refractivity contribution < 1.29 is 22.5 Å². The molecule has 34 heavy (non-hydrogen) atoms. The van der Waals surface area contributed by atoms with Crippen LogP contribution in [0.3, 0.4) is 0 Å². The highest BCUT2D eigenvalue weighted by Crippen LogP contribution is 2.29. The Labute approximate surface area is 199 Å². The number of benzene rings is 2. The fourth-order valence-electron chi connectivity index (χ4n) is 4.90. The van der Waals surface area contributed by atoms with E-state index in [4.69, 9.17) is 9.26 Å². The molecule has 0 N–H and O–H groups in total. The Morgan fingerprint density at radius 3 is 2.71 bits per heavy atom. The Bertz CT molecular complexity index is 1310. The van der Waals surface area contributed by atoms with Gasteiger partial charge in [0, 0.05) is 24.2 Å². The lowest BCUT2D eigenvalue weighted by Gasteiger charge is -2.27. The molecule has 0 bridgehead atoms. The van der Waals surface area contributed by atoms with E-state index in [9.17, 15) is 13.2 Å². The number of aryl methyl sites for hydroxylation is 2. The normalized spacial score (nSPS) is 18.9. The maximum Gasteiger partial charge on any atom is 0.276 e. The summed E-state index contributed by atoms with van der Waals surface area (Å²) in [4.78, 5) is 15.2. The van der Waals surface area contributed by atoms with Crippen LogP contribution < -0.4 is 4.74 Å². The quantitative estimate of drug-likeness (QED) is 0.529. The van der Waals surface area contributed by atoms with Gasteiger partial charge in [-0.1, -0.05) is 29.4 Å². The van der Waals surface area contributed by atoms with Gasteiger partial charge in [0.15, 0.2) is 21.3 Å². The first-order valence-corrected chi connectivity index (χ1v) is 13.5. The molecule has 1 atom stereocenters. The van der Waals surface area contributed by atoms with Crippen molar-refractivity contribution in [3.05, 3.63) is 70.9 Å². The van der Waals surface area contributed by atoms with Gasteiger partial charge in [-0.15, -0.1) is 0 Å². The summed E-state index contributed by atoms with van der Waals surface area (Å²) >= 11 is 0. The van der Waals surface area contributed by atoms with Crippen molar-refractivity contribution in [3.63, 3.8) is 0 Å². The number of hydrogen-bond donors (Lipinski definition) is 0. The van der Waals surface area contributed by atoms with Crippen LogP contribution in [0.4, 0.5) is 0 Å². The molecule has 1 aromatic heterocycles. The molecule has 7 nitrogen and oxygen atoms in total. The topological polar surface area (TPSA) is 89.7 Å². The number of methoxy groups -OCH3 is 1. The largest absolute Gasteiger partial charge is 0.497 e. The van der Waals surface area contributed by atoms with E-state index < -0.39 is 15.9 Å². The second-order valence-corrected chi connectivity index (χ2v) is 11.3. The third kappa shape index (κ3) is 4.73. The van der Waals surface area contributed by atoms with Crippen LogP contribution in [-0.4, -0.2) is 49.0 Å². The summed E-state index contributed by atoms with van der Waals surface area (Å²) in [5, 5.41) is 4.07. The number of amides is 1. The van der Waals surface area contributed by atoms with E-state index >= 15 is 0 Å².